The Bertz CT molecular complexity index is 1310. The first kappa shape index (κ1) is 26.5. The quantitative estimate of drug-likeness (QED) is 0.405. The first-order valence-electron chi connectivity index (χ1n) is 12.5. The van der Waals surface area contributed by atoms with Crippen molar-refractivity contribution in [1.82, 2.24) is 14.8 Å². The highest BCUT2D eigenvalue weighted by molar-refractivity contribution is 7.10. The Kier molecular flexibility index (Phi) is 8.48. The summed E-state index contributed by atoms with van der Waals surface area (Å²) < 4.78 is 20.0. The maximum atomic E-state index is 14.6. The lowest BCUT2D eigenvalue weighted by Gasteiger charge is -2.31. The lowest BCUT2D eigenvalue weighted by atomic mass is 10.0. The summed E-state index contributed by atoms with van der Waals surface area (Å²) in [4.78, 5) is 32.0. The van der Waals surface area contributed by atoms with Crippen molar-refractivity contribution < 1.29 is 18.7 Å². The van der Waals surface area contributed by atoms with Crippen LogP contribution in [-0.2, 0) is 9.53 Å². The molecule has 2 aliphatic rings. The van der Waals surface area contributed by atoms with Gasteiger partial charge in [0.25, 0.3) is 11.8 Å². The number of amides is 2. The average Bonchev–Trinajstić information content (AvgIpc) is 3.62. The van der Waals surface area contributed by atoms with Crippen molar-refractivity contribution in [2.24, 2.45) is 5.10 Å². The van der Waals surface area contributed by atoms with Gasteiger partial charge in [0.15, 0.2) is 0 Å². The topological polar surface area (TPSA) is 65.5 Å². The van der Waals surface area contributed by atoms with Gasteiger partial charge in [0, 0.05) is 43.0 Å². The number of thiophene rings is 1. The Morgan fingerprint density at radius 1 is 1.08 bits per heavy atom. The number of morpholine rings is 1. The van der Waals surface area contributed by atoms with Crippen LogP contribution < -0.4 is 0 Å². The van der Waals surface area contributed by atoms with Crippen LogP contribution in [0.4, 0.5) is 4.39 Å². The molecule has 1 atom stereocenters. The molecule has 1 unspecified atom stereocenters. The van der Waals surface area contributed by atoms with Gasteiger partial charge >= 0.3 is 0 Å². The van der Waals surface area contributed by atoms with Crippen LogP contribution in [0, 0.1) is 5.82 Å². The summed E-state index contributed by atoms with van der Waals surface area (Å²) in [6, 6.07) is 16.8. The van der Waals surface area contributed by atoms with Gasteiger partial charge in [-0.15, -0.1) is 11.3 Å². The van der Waals surface area contributed by atoms with Crippen LogP contribution in [0.2, 0.25) is 5.02 Å². The van der Waals surface area contributed by atoms with Crippen LogP contribution in [0.3, 0.4) is 0 Å². The van der Waals surface area contributed by atoms with Crippen molar-refractivity contribution in [2.45, 2.75) is 12.5 Å². The average molecular weight is 555 g/mol. The van der Waals surface area contributed by atoms with Crippen molar-refractivity contribution >= 4 is 40.5 Å². The molecule has 0 aliphatic carbocycles. The zero-order chi connectivity index (χ0) is 26.5. The van der Waals surface area contributed by atoms with Crippen molar-refractivity contribution in [3.8, 4) is 0 Å². The molecular weight excluding hydrogens is 527 g/mol. The normalized spacial score (nSPS) is 17.9. The van der Waals surface area contributed by atoms with Gasteiger partial charge in [-0.05, 0) is 29.6 Å². The molecule has 3 aromatic rings. The van der Waals surface area contributed by atoms with Gasteiger partial charge in [-0.25, -0.2) is 9.40 Å². The van der Waals surface area contributed by atoms with Crippen molar-refractivity contribution in [1.29, 1.82) is 0 Å². The molecule has 2 aromatic carbocycles. The van der Waals surface area contributed by atoms with Crippen LogP contribution in [0.25, 0.3) is 0 Å². The molecule has 0 spiro atoms. The number of carbonyl (C=O) groups is 2. The third-order valence-electron chi connectivity index (χ3n) is 6.73. The number of halogens is 2. The fourth-order valence-electron chi connectivity index (χ4n) is 4.68. The van der Waals surface area contributed by atoms with E-state index < -0.39 is 0 Å². The molecule has 0 saturated carbocycles. The Morgan fingerprint density at radius 3 is 2.58 bits per heavy atom. The molecule has 1 fully saturated rings. The van der Waals surface area contributed by atoms with Gasteiger partial charge in [0.2, 0.25) is 0 Å². The third-order valence-corrected chi connectivity index (χ3v) is 8.03. The lowest BCUT2D eigenvalue weighted by Crippen LogP contribution is -2.46. The number of rotatable bonds is 8. The molecule has 7 nitrogen and oxygen atoms in total. The largest absolute Gasteiger partial charge is 0.379 e. The maximum Gasteiger partial charge on any atom is 0.262 e. The van der Waals surface area contributed by atoms with E-state index in [1.54, 1.807) is 42.5 Å². The first-order chi connectivity index (χ1) is 18.5. The van der Waals surface area contributed by atoms with Crippen molar-refractivity contribution in [3.05, 3.63) is 92.9 Å². The van der Waals surface area contributed by atoms with Gasteiger partial charge in [-0.1, -0.05) is 48.0 Å². The molecule has 3 heterocycles. The van der Waals surface area contributed by atoms with E-state index in [9.17, 15) is 14.0 Å². The number of hydrogen-bond acceptors (Lipinski definition) is 6. The SMILES string of the molecule is O=C(c1ccccc1Cl)N(CCN1CCOCC1)CC(=O)N1N=C(c2ccccc2F)CC1c1cccs1. The molecule has 5 rings (SSSR count). The number of ether oxygens (including phenoxy) is 1. The van der Waals surface area contributed by atoms with E-state index in [4.69, 9.17) is 16.3 Å². The Morgan fingerprint density at radius 2 is 1.84 bits per heavy atom. The highest BCUT2D eigenvalue weighted by Gasteiger charge is 2.36. The Labute approximate surface area is 230 Å². The van der Waals surface area contributed by atoms with Gasteiger partial charge < -0.3 is 9.64 Å². The molecule has 1 saturated heterocycles. The van der Waals surface area contributed by atoms with E-state index in [1.807, 2.05) is 17.5 Å². The van der Waals surface area contributed by atoms with Crippen LogP contribution in [0.5, 0.6) is 0 Å². The molecule has 38 heavy (non-hydrogen) atoms. The van der Waals surface area contributed by atoms with Gasteiger partial charge in [-0.3, -0.25) is 14.5 Å². The van der Waals surface area contributed by atoms with Gasteiger partial charge in [-0.2, -0.15) is 5.10 Å². The Hall–Kier alpha value is -3.11. The molecule has 2 amide bonds. The standard InChI is InChI=1S/C28H28ClFN4O3S/c29-22-8-3-1-6-20(22)28(36)33(12-11-32-13-15-37-16-14-32)19-27(35)34-25(26-10-5-17-38-26)18-24(31-34)21-7-2-4-9-23(21)30/h1-10,17,25H,11-16,18-19H2. The molecule has 10 heteroatoms. The Balaban J connectivity index is 1.40. The van der Waals surface area contributed by atoms with Crippen molar-refractivity contribution in [2.75, 3.05) is 45.9 Å². The van der Waals surface area contributed by atoms with E-state index in [2.05, 4.69) is 10.0 Å². The maximum absolute atomic E-state index is 14.6. The zero-order valence-corrected chi connectivity index (χ0v) is 22.3. The number of carbonyl (C=O) groups excluding carboxylic acids is 2. The highest BCUT2D eigenvalue weighted by atomic mass is 35.5. The van der Waals surface area contributed by atoms with Gasteiger partial charge in [0.05, 0.1) is 35.6 Å². The number of hydrazone groups is 1. The molecule has 1 aromatic heterocycles. The minimum Gasteiger partial charge on any atom is -0.379 e. The fraction of sp³-hybridized carbons (Fsp3) is 0.321. The molecule has 2 aliphatic heterocycles. The van der Waals surface area contributed by atoms with Crippen LogP contribution in [0.15, 0.2) is 71.1 Å². The predicted octanol–water partition coefficient (Wildman–Crippen LogP) is 4.69. The summed E-state index contributed by atoms with van der Waals surface area (Å²) >= 11 is 7.86. The summed E-state index contributed by atoms with van der Waals surface area (Å²) in [5.74, 6) is -1.04. The smallest absolute Gasteiger partial charge is 0.262 e. The van der Waals surface area contributed by atoms with E-state index in [0.717, 1.165) is 18.0 Å². The molecule has 0 bridgehead atoms. The summed E-state index contributed by atoms with van der Waals surface area (Å²) in [7, 11) is 0. The van der Waals surface area contributed by atoms with Crippen LogP contribution in [0.1, 0.15) is 33.3 Å². The summed E-state index contributed by atoms with van der Waals surface area (Å²) in [5, 5.41) is 8.27. The first-order valence-corrected chi connectivity index (χ1v) is 13.8. The van der Waals surface area contributed by atoms with E-state index in [0.29, 0.717) is 54.6 Å². The molecule has 0 N–H and O–H groups in total. The second kappa shape index (κ2) is 12.2. The molecule has 198 valence electrons. The number of hydrogen-bond donors (Lipinski definition) is 0. The van der Waals surface area contributed by atoms with Crippen molar-refractivity contribution in [3.63, 3.8) is 0 Å². The molecule has 0 radical (unpaired) electrons. The summed E-state index contributed by atoms with van der Waals surface area (Å²) in [5.41, 5.74) is 1.23. The predicted molar refractivity (Wildman–Crippen MR) is 146 cm³/mol. The second-order valence-electron chi connectivity index (χ2n) is 9.16. The monoisotopic (exact) mass is 554 g/mol. The minimum absolute atomic E-state index is 0.176. The van der Waals surface area contributed by atoms with E-state index in [-0.39, 0.29) is 30.2 Å². The second-order valence-corrected chi connectivity index (χ2v) is 10.5. The highest BCUT2D eigenvalue weighted by Crippen LogP contribution is 2.35. The molecular formula is C28H28ClFN4O3S. The van der Waals surface area contributed by atoms with Crippen LogP contribution in [-0.4, -0.2) is 78.3 Å². The fourth-order valence-corrected chi connectivity index (χ4v) is 5.71. The van der Waals surface area contributed by atoms with E-state index in [1.165, 1.54) is 27.3 Å². The number of nitrogens with zero attached hydrogens (tertiary/aromatic N) is 4. The zero-order valence-electron chi connectivity index (χ0n) is 20.8. The van der Waals surface area contributed by atoms with Crippen LogP contribution >= 0.6 is 22.9 Å². The van der Waals surface area contributed by atoms with E-state index >= 15 is 0 Å². The lowest BCUT2D eigenvalue weighted by molar-refractivity contribution is -0.133. The van der Waals surface area contributed by atoms with Gasteiger partial charge in [0.1, 0.15) is 12.4 Å². The minimum atomic E-state index is -0.383. The summed E-state index contributed by atoms with van der Waals surface area (Å²) in [6.07, 6.45) is 0.388. The summed E-state index contributed by atoms with van der Waals surface area (Å²) in [6.45, 7) is 3.59. The third kappa shape index (κ3) is 5.96. The number of benzene rings is 2.